The van der Waals surface area contributed by atoms with Crippen LogP contribution in [0.4, 0.5) is 0 Å². The Morgan fingerprint density at radius 3 is 2.95 bits per heavy atom. The van der Waals surface area contributed by atoms with Crippen LogP contribution in [0.15, 0.2) is 16.9 Å². The van der Waals surface area contributed by atoms with Crippen LogP contribution in [0.3, 0.4) is 0 Å². The summed E-state index contributed by atoms with van der Waals surface area (Å²) in [4.78, 5) is 25.1. The van der Waals surface area contributed by atoms with Crippen molar-refractivity contribution in [3.63, 3.8) is 0 Å². The zero-order valence-electron chi connectivity index (χ0n) is 11.4. The van der Waals surface area contributed by atoms with E-state index in [1.54, 1.807) is 0 Å². The van der Waals surface area contributed by atoms with Gasteiger partial charge < -0.3 is 4.90 Å². The van der Waals surface area contributed by atoms with Crippen LogP contribution in [0.5, 0.6) is 0 Å². The highest BCUT2D eigenvalue weighted by molar-refractivity contribution is 5.92. The molecule has 104 valence electrons. The molecule has 0 spiro atoms. The van der Waals surface area contributed by atoms with Crippen molar-refractivity contribution in [2.75, 3.05) is 13.1 Å². The van der Waals surface area contributed by atoms with Gasteiger partial charge >= 0.3 is 0 Å². The van der Waals surface area contributed by atoms with E-state index in [-0.39, 0.29) is 11.5 Å². The van der Waals surface area contributed by atoms with Crippen LogP contribution in [0.2, 0.25) is 0 Å². The summed E-state index contributed by atoms with van der Waals surface area (Å²) in [6.45, 7) is 3.79. The smallest absolute Gasteiger partial charge is 0.274 e. The van der Waals surface area contributed by atoms with E-state index in [2.05, 4.69) is 17.1 Å². The van der Waals surface area contributed by atoms with E-state index in [1.807, 2.05) is 4.90 Å². The number of H-pyrrole nitrogens is 1. The molecule has 19 heavy (non-hydrogen) atoms. The summed E-state index contributed by atoms with van der Waals surface area (Å²) in [5.74, 6) is 0.666. The third-order valence-electron chi connectivity index (χ3n) is 3.73. The first kappa shape index (κ1) is 13.8. The average molecular weight is 263 g/mol. The van der Waals surface area contributed by atoms with Crippen LogP contribution in [-0.2, 0) is 0 Å². The Morgan fingerprint density at radius 1 is 1.42 bits per heavy atom. The number of hydrogen-bond acceptors (Lipinski definition) is 3. The van der Waals surface area contributed by atoms with Gasteiger partial charge in [-0.2, -0.15) is 5.10 Å². The minimum atomic E-state index is -0.282. The number of rotatable bonds is 3. The topological polar surface area (TPSA) is 66.1 Å². The molecule has 5 nitrogen and oxygen atoms in total. The molecule has 0 saturated carbocycles. The first-order chi connectivity index (χ1) is 9.20. The zero-order valence-corrected chi connectivity index (χ0v) is 11.4. The Hall–Kier alpha value is -1.65. The molecule has 5 heteroatoms. The lowest BCUT2D eigenvalue weighted by atomic mass is 9.96. The highest BCUT2D eigenvalue weighted by Crippen LogP contribution is 2.22. The first-order valence-electron chi connectivity index (χ1n) is 7.05. The minimum Gasteiger partial charge on any atom is -0.337 e. The maximum absolute atomic E-state index is 12.3. The van der Waals surface area contributed by atoms with E-state index in [9.17, 15) is 9.59 Å². The average Bonchev–Trinajstić information content (AvgIpc) is 2.65. The summed E-state index contributed by atoms with van der Waals surface area (Å²) in [6.07, 6.45) is 5.79. The molecule has 0 radical (unpaired) electrons. The quantitative estimate of drug-likeness (QED) is 0.904. The van der Waals surface area contributed by atoms with Gasteiger partial charge in [0, 0.05) is 19.2 Å². The largest absolute Gasteiger partial charge is 0.337 e. The highest BCUT2D eigenvalue weighted by Gasteiger charge is 2.21. The minimum absolute atomic E-state index is 0.0756. The first-order valence-corrected chi connectivity index (χ1v) is 7.05. The number of likely N-dealkylation sites (tertiary alicyclic amines) is 1. The number of carbonyl (C=O) groups is 1. The van der Waals surface area contributed by atoms with Crippen molar-refractivity contribution in [1.82, 2.24) is 15.1 Å². The molecule has 0 bridgehead atoms. The Labute approximate surface area is 113 Å². The molecule has 1 saturated heterocycles. The fraction of sp³-hybridized carbons (Fsp3) is 0.643. The highest BCUT2D eigenvalue weighted by atomic mass is 16.2. The fourth-order valence-electron chi connectivity index (χ4n) is 2.69. The third-order valence-corrected chi connectivity index (χ3v) is 3.73. The Morgan fingerprint density at radius 2 is 2.26 bits per heavy atom. The Bertz CT molecular complexity index is 463. The molecule has 0 aromatic carbocycles. The van der Waals surface area contributed by atoms with Crippen molar-refractivity contribution in [2.24, 2.45) is 5.92 Å². The van der Waals surface area contributed by atoms with Crippen LogP contribution < -0.4 is 5.56 Å². The lowest BCUT2D eigenvalue weighted by molar-refractivity contribution is 0.0752. The monoisotopic (exact) mass is 263 g/mol. The number of nitrogens with zero attached hydrogens (tertiary/aromatic N) is 2. The Balaban J connectivity index is 1.99. The summed E-state index contributed by atoms with van der Waals surface area (Å²) >= 11 is 0. The van der Waals surface area contributed by atoms with Crippen molar-refractivity contribution >= 4 is 5.91 Å². The molecule has 2 heterocycles. The number of aromatic nitrogens is 2. The molecule has 0 aliphatic carbocycles. The van der Waals surface area contributed by atoms with Crippen molar-refractivity contribution in [1.29, 1.82) is 0 Å². The molecule has 1 atom stereocenters. The third kappa shape index (κ3) is 3.66. The molecule has 1 amide bonds. The van der Waals surface area contributed by atoms with E-state index in [4.69, 9.17) is 0 Å². The Kier molecular flexibility index (Phi) is 4.71. The van der Waals surface area contributed by atoms with Gasteiger partial charge in [0.25, 0.3) is 11.5 Å². The number of hydrogen-bond donors (Lipinski definition) is 1. The predicted molar refractivity (Wildman–Crippen MR) is 73.0 cm³/mol. The molecular formula is C14H21N3O2. The van der Waals surface area contributed by atoms with Crippen molar-refractivity contribution < 1.29 is 4.79 Å². The van der Waals surface area contributed by atoms with E-state index in [0.29, 0.717) is 5.69 Å². The van der Waals surface area contributed by atoms with E-state index in [0.717, 1.165) is 31.8 Å². The summed E-state index contributed by atoms with van der Waals surface area (Å²) in [5, 5.41) is 6.12. The molecular weight excluding hydrogens is 242 g/mol. The van der Waals surface area contributed by atoms with Gasteiger partial charge in [-0.1, -0.05) is 19.8 Å². The van der Waals surface area contributed by atoms with Crippen LogP contribution in [0, 0.1) is 5.92 Å². The second kappa shape index (κ2) is 6.50. The fourth-order valence-corrected chi connectivity index (χ4v) is 2.69. The number of carbonyl (C=O) groups excluding carboxylic acids is 1. The molecule has 1 aliphatic rings. The van der Waals surface area contributed by atoms with E-state index >= 15 is 0 Å². The summed E-state index contributed by atoms with van der Waals surface area (Å²) in [5.41, 5.74) is 0.0453. The van der Waals surface area contributed by atoms with Crippen molar-refractivity contribution in [2.45, 2.75) is 39.0 Å². The van der Waals surface area contributed by atoms with Crippen molar-refractivity contribution in [3.8, 4) is 0 Å². The van der Waals surface area contributed by atoms with Crippen LogP contribution >= 0.6 is 0 Å². The van der Waals surface area contributed by atoms with Gasteiger partial charge in [-0.05, 0) is 31.2 Å². The van der Waals surface area contributed by atoms with Gasteiger partial charge in [0.15, 0.2) is 0 Å². The second-order valence-electron chi connectivity index (χ2n) is 5.18. The standard InChI is InChI=1S/C14H21N3O2/c1-2-4-11-5-3-9-17(10-8-11)14(19)12-6-7-13(18)16-15-12/h6-7,11H,2-5,8-10H2,1H3,(H,16,18)/t11-/m0/s1. The number of nitrogens with one attached hydrogen (secondary N) is 1. The summed E-state index contributed by atoms with van der Waals surface area (Å²) in [6, 6.07) is 2.84. The lowest BCUT2D eigenvalue weighted by Crippen LogP contribution is -2.33. The molecule has 1 aliphatic heterocycles. The molecule has 1 fully saturated rings. The molecule has 0 unspecified atom stereocenters. The number of aromatic amines is 1. The SMILES string of the molecule is CCC[C@H]1CCCN(C(=O)c2ccc(=O)[nH]n2)CC1. The second-order valence-corrected chi connectivity index (χ2v) is 5.18. The predicted octanol–water partition coefficient (Wildman–Crippen LogP) is 1.81. The van der Waals surface area contributed by atoms with Crippen LogP contribution in [0.1, 0.15) is 49.5 Å². The van der Waals surface area contributed by atoms with Gasteiger partial charge in [0.05, 0.1) is 0 Å². The van der Waals surface area contributed by atoms with Gasteiger partial charge in [0.1, 0.15) is 5.69 Å². The zero-order chi connectivity index (χ0) is 13.7. The van der Waals surface area contributed by atoms with Crippen LogP contribution in [-0.4, -0.2) is 34.1 Å². The summed E-state index contributed by atoms with van der Waals surface area (Å²) < 4.78 is 0. The maximum Gasteiger partial charge on any atom is 0.274 e. The number of amides is 1. The van der Waals surface area contributed by atoms with Crippen LogP contribution in [0.25, 0.3) is 0 Å². The normalized spacial score (nSPS) is 20.1. The van der Waals surface area contributed by atoms with Crippen molar-refractivity contribution in [3.05, 3.63) is 28.2 Å². The molecule has 2 rings (SSSR count). The van der Waals surface area contributed by atoms with E-state index in [1.165, 1.54) is 31.4 Å². The molecule has 1 N–H and O–H groups in total. The molecule has 1 aromatic rings. The van der Waals surface area contributed by atoms with Gasteiger partial charge in [-0.25, -0.2) is 5.10 Å². The van der Waals surface area contributed by atoms with E-state index < -0.39 is 0 Å². The van der Waals surface area contributed by atoms with Gasteiger partial charge in [-0.3, -0.25) is 9.59 Å². The molecule has 1 aromatic heterocycles. The summed E-state index contributed by atoms with van der Waals surface area (Å²) in [7, 11) is 0. The maximum atomic E-state index is 12.3. The van der Waals surface area contributed by atoms with Gasteiger partial charge in [0.2, 0.25) is 0 Å². The van der Waals surface area contributed by atoms with Gasteiger partial charge in [-0.15, -0.1) is 0 Å². The lowest BCUT2D eigenvalue weighted by Gasteiger charge is -2.19.